The Morgan fingerprint density at radius 3 is 2.21 bits per heavy atom. The van der Waals surface area contributed by atoms with E-state index in [9.17, 15) is 0 Å². The van der Waals surface area contributed by atoms with Crippen LogP contribution in [0, 0.1) is 5.41 Å². The van der Waals surface area contributed by atoms with Crippen LogP contribution in [0.1, 0.15) is 34.1 Å². The van der Waals surface area contributed by atoms with Crippen molar-refractivity contribution < 1.29 is 9.47 Å². The second-order valence-corrected chi connectivity index (χ2v) is 6.32. The lowest BCUT2D eigenvalue weighted by molar-refractivity contribution is 0.105. The van der Waals surface area contributed by atoms with Gasteiger partial charge in [0.1, 0.15) is 0 Å². The molecule has 0 unspecified atom stereocenters. The Balaban J connectivity index is 4.17. The monoisotopic (exact) mass is 274 g/mol. The molecular weight excluding hydrogens is 240 g/mol. The molecule has 0 aliphatic rings. The fourth-order valence-electron chi connectivity index (χ4n) is 2.06. The van der Waals surface area contributed by atoms with Gasteiger partial charge in [-0.1, -0.05) is 27.7 Å². The molecule has 0 fully saturated rings. The molecule has 4 nitrogen and oxygen atoms in total. The van der Waals surface area contributed by atoms with Crippen molar-refractivity contribution in [1.82, 2.24) is 10.2 Å². The molecule has 0 bridgehead atoms. The van der Waals surface area contributed by atoms with Gasteiger partial charge in [-0.3, -0.25) is 0 Å². The van der Waals surface area contributed by atoms with Crippen LogP contribution < -0.4 is 5.32 Å². The predicted octanol–water partition coefficient (Wildman–Crippen LogP) is 2.00. The maximum absolute atomic E-state index is 5.20. The first-order chi connectivity index (χ1) is 8.91. The van der Waals surface area contributed by atoms with Crippen LogP contribution in [0.2, 0.25) is 0 Å². The van der Waals surface area contributed by atoms with E-state index in [0.717, 1.165) is 45.8 Å². The van der Waals surface area contributed by atoms with Crippen LogP contribution in [0.15, 0.2) is 0 Å². The number of ether oxygens (including phenoxy) is 2. The van der Waals surface area contributed by atoms with E-state index in [1.54, 1.807) is 14.2 Å². The number of nitrogens with zero attached hydrogens (tertiary/aromatic N) is 1. The smallest absolute Gasteiger partial charge is 0.0589 e. The van der Waals surface area contributed by atoms with Gasteiger partial charge >= 0.3 is 0 Å². The van der Waals surface area contributed by atoms with Crippen LogP contribution in [0.4, 0.5) is 0 Å². The summed E-state index contributed by atoms with van der Waals surface area (Å²) in [5, 5.41) is 3.53. The highest BCUT2D eigenvalue weighted by Crippen LogP contribution is 2.16. The number of methoxy groups -OCH3 is 2. The first kappa shape index (κ1) is 18.8. The van der Waals surface area contributed by atoms with Crippen molar-refractivity contribution in [2.24, 2.45) is 5.41 Å². The van der Waals surface area contributed by atoms with E-state index in [0.29, 0.717) is 6.04 Å². The fraction of sp³-hybridized carbons (Fsp3) is 1.00. The normalized spacial score (nSPS) is 12.6. The lowest BCUT2D eigenvalue weighted by atomic mass is 9.92. The van der Waals surface area contributed by atoms with Crippen molar-refractivity contribution in [3.63, 3.8) is 0 Å². The molecule has 1 N–H and O–H groups in total. The first-order valence-electron chi connectivity index (χ1n) is 7.35. The third-order valence-corrected chi connectivity index (χ3v) is 3.07. The van der Waals surface area contributed by atoms with Crippen molar-refractivity contribution in [2.45, 2.75) is 40.2 Å². The quantitative estimate of drug-likeness (QED) is 0.552. The minimum absolute atomic E-state index is 0.269. The van der Waals surface area contributed by atoms with Gasteiger partial charge in [0.25, 0.3) is 0 Å². The molecule has 0 radical (unpaired) electrons. The van der Waals surface area contributed by atoms with Gasteiger partial charge < -0.3 is 19.7 Å². The molecule has 0 saturated carbocycles. The highest BCUT2D eigenvalue weighted by Gasteiger charge is 2.21. The van der Waals surface area contributed by atoms with E-state index in [4.69, 9.17) is 9.47 Å². The molecule has 0 aliphatic carbocycles. The van der Waals surface area contributed by atoms with Gasteiger partial charge in [0.2, 0.25) is 0 Å². The van der Waals surface area contributed by atoms with Crippen molar-refractivity contribution in [1.29, 1.82) is 0 Å². The standard InChI is InChI=1S/C15H34N2O2/c1-14(2)16-12-15(3,4)13-17(9-11-19-6)8-7-10-18-5/h14,16H,7-13H2,1-6H3. The summed E-state index contributed by atoms with van der Waals surface area (Å²) < 4.78 is 10.3. The minimum atomic E-state index is 0.269. The van der Waals surface area contributed by atoms with Crippen molar-refractivity contribution in [2.75, 3.05) is 53.6 Å². The fourth-order valence-corrected chi connectivity index (χ4v) is 2.06. The average molecular weight is 274 g/mol. The van der Waals surface area contributed by atoms with Crippen molar-refractivity contribution in [3.8, 4) is 0 Å². The Bertz CT molecular complexity index is 208. The van der Waals surface area contributed by atoms with Gasteiger partial charge in [0, 0.05) is 53.0 Å². The molecule has 4 heteroatoms. The highest BCUT2D eigenvalue weighted by atomic mass is 16.5. The average Bonchev–Trinajstić information content (AvgIpc) is 2.33. The zero-order valence-corrected chi connectivity index (χ0v) is 13.8. The summed E-state index contributed by atoms with van der Waals surface area (Å²) in [6.07, 6.45) is 1.08. The number of hydrogen-bond acceptors (Lipinski definition) is 4. The van der Waals surface area contributed by atoms with E-state index in [1.807, 2.05) is 0 Å². The lowest BCUT2D eigenvalue weighted by Crippen LogP contribution is -2.43. The van der Waals surface area contributed by atoms with Crippen LogP contribution in [0.25, 0.3) is 0 Å². The molecular formula is C15H34N2O2. The Labute approximate surface area is 119 Å². The van der Waals surface area contributed by atoms with E-state index < -0.39 is 0 Å². The van der Waals surface area contributed by atoms with Crippen molar-refractivity contribution in [3.05, 3.63) is 0 Å². The van der Waals surface area contributed by atoms with Gasteiger partial charge in [-0.15, -0.1) is 0 Å². The maximum Gasteiger partial charge on any atom is 0.0589 e. The summed E-state index contributed by atoms with van der Waals surface area (Å²) in [5.41, 5.74) is 0.269. The number of hydrogen-bond donors (Lipinski definition) is 1. The molecule has 0 atom stereocenters. The SMILES string of the molecule is COCCCN(CCOC)CC(C)(C)CNC(C)C. The molecule has 0 heterocycles. The van der Waals surface area contributed by atoms with Crippen LogP contribution >= 0.6 is 0 Å². The number of nitrogens with one attached hydrogen (secondary N) is 1. The Morgan fingerprint density at radius 2 is 1.68 bits per heavy atom. The summed E-state index contributed by atoms with van der Waals surface area (Å²) in [4.78, 5) is 2.48. The van der Waals surface area contributed by atoms with E-state index in [1.165, 1.54) is 0 Å². The summed E-state index contributed by atoms with van der Waals surface area (Å²) in [6.45, 7) is 14.8. The molecule has 19 heavy (non-hydrogen) atoms. The zero-order chi connectivity index (χ0) is 14.7. The molecule has 0 aromatic rings. The van der Waals surface area contributed by atoms with Crippen LogP contribution in [-0.4, -0.2) is 64.6 Å². The van der Waals surface area contributed by atoms with Gasteiger partial charge in [-0.2, -0.15) is 0 Å². The van der Waals surface area contributed by atoms with Gasteiger partial charge in [-0.05, 0) is 11.8 Å². The van der Waals surface area contributed by atoms with Gasteiger partial charge in [-0.25, -0.2) is 0 Å². The Morgan fingerprint density at radius 1 is 1.05 bits per heavy atom. The Kier molecular flexibility index (Phi) is 10.5. The third-order valence-electron chi connectivity index (χ3n) is 3.07. The molecule has 0 amide bonds. The molecule has 0 rings (SSSR count). The first-order valence-corrected chi connectivity index (χ1v) is 7.35. The summed E-state index contributed by atoms with van der Waals surface area (Å²) >= 11 is 0. The second-order valence-electron chi connectivity index (χ2n) is 6.32. The van der Waals surface area contributed by atoms with Crippen LogP contribution in [0.5, 0.6) is 0 Å². The summed E-state index contributed by atoms with van der Waals surface area (Å²) in [5.74, 6) is 0. The molecule has 0 aromatic heterocycles. The topological polar surface area (TPSA) is 33.7 Å². The van der Waals surface area contributed by atoms with E-state index in [2.05, 4.69) is 37.9 Å². The van der Waals surface area contributed by atoms with Crippen LogP contribution in [0.3, 0.4) is 0 Å². The number of rotatable bonds is 12. The minimum Gasteiger partial charge on any atom is -0.385 e. The van der Waals surface area contributed by atoms with E-state index in [-0.39, 0.29) is 5.41 Å². The third kappa shape index (κ3) is 11.4. The van der Waals surface area contributed by atoms with E-state index >= 15 is 0 Å². The predicted molar refractivity (Wildman–Crippen MR) is 81.7 cm³/mol. The Hall–Kier alpha value is -0.160. The molecule has 0 aromatic carbocycles. The van der Waals surface area contributed by atoms with Gasteiger partial charge in [0.05, 0.1) is 6.61 Å². The molecule has 0 spiro atoms. The lowest BCUT2D eigenvalue weighted by Gasteiger charge is -2.33. The summed E-state index contributed by atoms with van der Waals surface area (Å²) in [7, 11) is 3.52. The molecule has 0 saturated heterocycles. The van der Waals surface area contributed by atoms with Crippen LogP contribution in [-0.2, 0) is 9.47 Å². The second kappa shape index (κ2) is 10.6. The summed E-state index contributed by atoms with van der Waals surface area (Å²) in [6, 6.07) is 0.542. The zero-order valence-electron chi connectivity index (χ0n) is 13.8. The molecule has 116 valence electrons. The maximum atomic E-state index is 5.20. The van der Waals surface area contributed by atoms with Gasteiger partial charge in [0.15, 0.2) is 0 Å². The largest absolute Gasteiger partial charge is 0.385 e. The van der Waals surface area contributed by atoms with Crippen molar-refractivity contribution >= 4 is 0 Å². The molecule has 0 aliphatic heterocycles. The highest BCUT2D eigenvalue weighted by molar-refractivity contribution is 4.77.